The Labute approximate surface area is 133 Å². The lowest BCUT2D eigenvalue weighted by atomic mass is 9.81. The molecule has 0 aliphatic carbocycles. The molecule has 0 saturated carbocycles. The number of aromatic nitrogens is 3. The minimum absolute atomic E-state index is 0.184. The fraction of sp³-hybridized carbons (Fsp3) is 0.600. The second-order valence-corrected chi connectivity index (χ2v) is 7.49. The number of hydrogen-bond donors (Lipinski definition) is 0. The van der Waals surface area contributed by atoms with E-state index in [2.05, 4.69) is 53.2 Å². The number of pyridine rings is 1. The lowest BCUT2D eigenvalue weighted by molar-refractivity contribution is 0.210. The predicted octanol–water partition coefficient (Wildman–Crippen LogP) is 4.66. The van der Waals surface area contributed by atoms with Crippen molar-refractivity contribution in [2.75, 3.05) is 5.88 Å². The quantitative estimate of drug-likeness (QED) is 0.728. The largest absolute Gasteiger partial charge is 0.312 e. The van der Waals surface area contributed by atoms with Gasteiger partial charge in [0.25, 0.3) is 0 Å². The van der Waals surface area contributed by atoms with Gasteiger partial charge in [-0.15, -0.1) is 11.6 Å². The number of hydrogen-bond acceptors (Lipinski definition) is 2. The lowest BCUT2D eigenvalue weighted by Crippen LogP contribution is -2.26. The van der Waals surface area contributed by atoms with Crippen molar-refractivity contribution in [2.45, 2.75) is 40.7 Å². The summed E-state index contributed by atoms with van der Waals surface area (Å²) in [6.07, 6.45) is 2.59. The average Bonchev–Trinajstić information content (AvgIpc) is 2.66. The van der Waals surface area contributed by atoms with Crippen LogP contribution in [0.2, 0.25) is 0 Å². The van der Waals surface area contributed by atoms with Gasteiger partial charge in [-0.25, -0.2) is 9.97 Å². The second-order valence-electron chi connectivity index (χ2n) is 6.19. The van der Waals surface area contributed by atoms with Gasteiger partial charge >= 0.3 is 0 Å². The summed E-state index contributed by atoms with van der Waals surface area (Å²) in [5.74, 6) is 2.18. The molecule has 0 aromatic carbocycles. The van der Waals surface area contributed by atoms with Crippen molar-refractivity contribution in [1.29, 1.82) is 0 Å². The third-order valence-corrected chi connectivity index (χ3v) is 4.70. The van der Waals surface area contributed by atoms with Crippen LogP contribution in [0.4, 0.5) is 0 Å². The van der Waals surface area contributed by atoms with Crippen LogP contribution >= 0.6 is 27.5 Å². The van der Waals surface area contributed by atoms with E-state index in [0.29, 0.717) is 11.8 Å². The van der Waals surface area contributed by atoms with E-state index in [1.165, 1.54) is 0 Å². The Morgan fingerprint density at radius 3 is 2.70 bits per heavy atom. The summed E-state index contributed by atoms with van der Waals surface area (Å²) in [5, 5.41) is 0. The van der Waals surface area contributed by atoms with E-state index in [1.807, 2.05) is 12.3 Å². The van der Waals surface area contributed by atoms with Gasteiger partial charge in [-0.05, 0) is 33.3 Å². The molecule has 0 aliphatic rings. The van der Waals surface area contributed by atoms with E-state index >= 15 is 0 Å². The van der Waals surface area contributed by atoms with Gasteiger partial charge in [0, 0.05) is 29.5 Å². The molecule has 3 nitrogen and oxygen atoms in total. The van der Waals surface area contributed by atoms with Gasteiger partial charge in [0.1, 0.15) is 11.3 Å². The SMILES string of the molecule is CC(C)C(C)(C)Cn1c(CCCl)nc2cc(Br)cnc21. The second kappa shape index (κ2) is 6.02. The van der Waals surface area contributed by atoms with Crippen molar-refractivity contribution in [3.05, 3.63) is 22.6 Å². The number of aryl methyl sites for hydroxylation is 1. The molecular weight excluding hydrogens is 338 g/mol. The zero-order valence-electron chi connectivity index (χ0n) is 12.5. The summed E-state index contributed by atoms with van der Waals surface area (Å²) in [7, 11) is 0. The monoisotopic (exact) mass is 357 g/mol. The number of fused-ring (bicyclic) bond motifs is 1. The summed E-state index contributed by atoms with van der Waals surface area (Å²) >= 11 is 9.37. The van der Waals surface area contributed by atoms with E-state index in [-0.39, 0.29) is 5.41 Å². The molecule has 0 bridgehead atoms. The van der Waals surface area contributed by atoms with Crippen molar-refractivity contribution >= 4 is 38.7 Å². The minimum atomic E-state index is 0.184. The highest BCUT2D eigenvalue weighted by atomic mass is 79.9. The molecule has 2 heterocycles. The molecule has 5 heteroatoms. The van der Waals surface area contributed by atoms with Crippen LogP contribution in [0.25, 0.3) is 11.2 Å². The van der Waals surface area contributed by atoms with E-state index < -0.39 is 0 Å². The number of alkyl halides is 1. The van der Waals surface area contributed by atoms with Gasteiger partial charge in [-0.3, -0.25) is 0 Å². The van der Waals surface area contributed by atoms with Crippen molar-refractivity contribution < 1.29 is 0 Å². The molecule has 0 atom stereocenters. The Kier molecular flexibility index (Phi) is 4.75. The maximum absolute atomic E-state index is 5.92. The molecule has 0 spiro atoms. The predicted molar refractivity (Wildman–Crippen MR) is 88.3 cm³/mol. The molecule has 0 radical (unpaired) electrons. The standard InChI is InChI=1S/C15H21BrClN3/c1-10(2)15(3,4)9-20-13(5-6-17)19-12-7-11(16)8-18-14(12)20/h7-8,10H,5-6,9H2,1-4H3. The maximum atomic E-state index is 5.92. The fourth-order valence-corrected chi connectivity index (χ4v) is 2.55. The molecule has 0 fully saturated rings. The molecule has 0 amide bonds. The molecule has 0 N–H and O–H groups in total. The van der Waals surface area contributed by atoms with Gasteiger partial charge in [0.05, 0.1) is 0 Å². The van der Waals surface area contributed by atoms with Gasteiger partial charge in [-0.1, -0.05) is 27.7 Å². The highest BCUT2D eigenvalue weighted by molar-refractivity contribution is 9.10. The zero-order chi connectivity index (χ0) is 14.9. The normalized spacial score (nSPS) is 12.6. The molecule has 2 aromatic heterocycles. The van der Waals surface area contributed by atoms with E-state index in [0.717, 1.165) is 34.4 Å². The third-order valence-electron chi connectivity index (χ3n) is 4.08. The van der Waals surface area contributed by atoms with E-state index in [9.17, 15) is 0 Å². The van der Waals surface area contributed by atoms with Gasteiger partial charge in [0.15, 0.2) is 5.65 Å². The van der Waals surface area contributed by atoms with Gasteiger partial charge < -0.3 is 4.57 Å². The Hall–Kier alpha value is -0.610. The molecule has 20 heavy (non-hydrogen) atoms. The summed E-state index contributed by atoms with van der Waals surface area (Å²) in [5.41, 5.74) is 2.06. The Balaban J connectivity index is 2.51. The van der Waals surface area contributed by atoms with Crippen molar-refractivity contribution in [2.24, 2.45) is 11.3 Å². The molecule has 110 valence electrons. The molecule has 0 saturated heterocycles. The smallest absolute Gasteiger partial charge is 0.160 e. The molecule has 0 aliphatic heterocycles. The average molecular weight is 359 g/mol. The van der Waals surface area contributed by atoms with Crippen molar-refractivity contribution in [1.82, 2.24) is 14.5 Å². The molecule has 2 aromatic rings. The van der Waals surface area contributed by atoms with Crippen molar-refractivity contribution in [3.8, 4) is 0 Å². The summed E-state index contributed by atoms with van der Waals surface area (Å²) < 4.78 is 3.18. The Morgan fingerprint density at radius 2 is 2.10 bits per heavy atom. The topological polar surface area (TPSA) is 30.7 Å². The van der Waals surface area contributed by atoms with Crippen LogP contribution in [0.15, 0.2) is 16.7 Å². The van der Waals surface area contributed by atoms with Gasteiger partial charge in [0.2, 0.25) is 0 Å². The van der Waals surface area contributed by atoms with Gasteiger partial charge in [-0.2, -0.15) is 0 Å². The lowest BCUT2D eigenvalue weighted by Gasteiger charge is -2.30. The molecule has 0 unspecified atom stereocenters. The molecular formula is C15H21BrClN3. The zero-order valence-corrected chi connectivity index (χ0v) is 14.8. The van der Waals surface area contributed by atoms with Crippen LogP contribution in [0.3, 0.4) is 0 Å². The number of nitrogens with zero attached hydrogens (tertiary/aromatic N) is 3. The number of imidazole rings is 1. The molecule has 2 rings (SSSR count). The number of halogens is 2. The highest BCUT2D eigenvalue weighted by Crippen LogP contribution is 2.30. The Morgan fingerprint density at radius 1 is 1.40 bits per heavy atom. The first-order valence-corrected chi connectivity index (χ1v) is 8.24. The highest BCUT2D eigenvalue weighted by Gasteiger charge is 2.25. The first kappa shape index (κ1) is 15.8. The van der Waals surface area contributed by atoms with Crippen LogP contribution in [-0.4, -0.2) is 20.4 Å². The van der Waals surface area contributed by atoms with E-state index in [4.69, 9.17) is 16.6 Å². The Bertz CT molecular complexity index is 604. The minimum Gasteiger partial charge on any atom is -0.312 e. The van der Waals surface area contributed by atoms with Crippen LogP contribution < -0.4 is 0 Å². The first-order chi connectivity index (χ1) is 9.35. The van der Waals surface area contributed by atoms with E-state index in [1.54, 1.807) is 0 Å². The maximum Gasteiger partial charge on any atom is 0.160 e. The van der Waals surface area contributed by atoms with Crippen LogP contribution in [0, 0.1) is 11.3 Å². The van der Waals surface area contributed by atoms with Crippen LogP contribution in [0.5, 0.6) is 0 Å². The fourth-order valence-electron chi connectivity index (χ4n) is 2.06. The third kappa shape index (κ3) is 3.17. The van der Waals surface area contributed by atoms with Crippen LogP contribution in [0.1, 0.15) is 33.5 Å². The summed E-state index contributed by atoms with van der Waals surface area (Å²) in [4.78, 5) is 9.23. The van der Waals surface area contributed by atoms with Crippen molar-refractivity contribution in [3.63, 3.8) is 0 Å². The summed E-state index contributed by atoms with van der Waals surface area (Å²) in [6.45, 7) is 9.98. The first-order valence-electron chi connectivity index (χ1n) is 6.92. The number of rotatable bonds is 5. The van der Waals surface area contributed by atoms with Crippen LogP contribution in [-0.2, 0) is 13.0 Å². The summed E-state index contributed by atoms with van der Waals surface area (Å²) in [6, 6.07) is 2.01.